The van der Waals surface area contributed by atoms with Gasteiger partial charge >= 0.3 is 0 Å². The summed E-state index contributed by atoms with van der Waals surface area (Å²) in [6.07, 6.45) is 7.83. The molecule has 0 aliphatic carbocycles. The second-order valence-electron chi connectivity index (χ2n) is 11.0. The number of nitrogen functional groups attached to an aromatic ring is 1. The molecule has 13 heteroatoms. The second kappa shape index (κ2) is 11.9. The molecule has 11 nitrogen and oxygen atoms in total. The van der Waals surface area contributed by atoms with Crippen LogP contribution in [0.25, 0.3) is 27.8 Å². The Labute approximate surface area is 256 Å². The Morgan fingerprint density at radius 1 is 1.04 bits per heavy atom. The summed E-state index contributed by atoms with van der Waals surface area (Å²) in [7, 11) is 0. The molecule has 1 saturated heterocycles. The van der Waals surface area contributed by atoms with Crippen molar-refractivity contribution in [3.8, 4) is 22.7 Å². The fraction of sp³-hybridized carbons (Fsp3) is 0.250. The van der Waals surface area contributed by atoms with E-state index in [1.807, 2.05) is 35.2 Å². The lowest BCUT2D eigenvalue weighted by Crippen LogP contribution is -2.44. The Balaban J connectivity index is 1.25. The minimum Gasteiger partial charge on any atom is -0.472 e. The van der Waals surface area contributed by atoms with E-state index in [0.717, 1.165) is 41.7 Å². The number of ether oxygens (including phenoxy) is 1. The maximum atomic E-state index is 14.7. The van der Waals surface area contributed by atoms with Crippen LogP contribution in [0, 0.1) is 11.6 Å². The van der Waals surface area contributed by atoms with Crippen LogP contribution in [0.2, 0.25) is 0 Å². The second-order valence-corrected chi connectivity index (χ2v) is 11.0. The Kier molecular flexibility index (Phi) is 7.49. The van der Waals surface area contributed by atoms with Crippen LogP contribution >= 0.6 is 0 Å². The molecule has 5 heterocycles. The molecule has 1 fully saturated rings. The highest BCUT2D eigenvalue weighted by molar-refractivity contribution is 5.96. The predicted molar refractivity (Wildman–Crippen MR) is 166 cm³/mol. The van der Waals surface area contributed by atoms with E-state index in [0.29, 0.717) is 54.5 Å². The van der Waals surface area contributed by atoms with Crippen molar-refractivity contribution in [2.45, 2.75) is 31.4 Å². The molecule has 2 atom stereocenters. The normalized spacial score (nSPS) is 18.7. The van der Waals surface area contributed by atoms with Crippen molar-refractivity contribution in [2.75, 3.05) is 30.3 Å². The SMILES string of the molecule is Nc1cccc2c1C=NCCCCNC(=O)[C@@H]1CC(CN1c1ncnc3c1cnn3-c1ccc(F)cc1F)Oc1cc-2ccn1. The van der Waals surface area contributed by atoms with Crippen molar-refractivity contribution >= 4 is 34.7 Å². The highest BCUT2D eigenvalue weighted by Crippen LogP contribution is 2.34. The van der Waals surface area contributed by atoms with Gasteiger partial charge in [-0.1, -0.05) is 12.1 Å². The average molecular weight is 610 g/mol. The Hall–Kier alpha value is -5.46. The minimum absolute atomic E-state index is 0.0414. The molecular formula is C32H29F2N9O2. The first-order valence-corrected chi connectivity index (χ1v) is 14.7. The number of hydrogen-bond acceptors (Lipinski definition) is 9. The Bertz CT molecular complexity index is 1930. The van der Waals surface area contributed by atoms with E-state index >= 15 is 0 Å². The van der Waals surface area contributed by atoms with Crippen LogP contribution < -0.4 is 20.7 Å². The number of anilines is 2. The molecule has 1 amide bonds. The number of carbonyl (C=O) groups is 1. The molecule has 7 rings (SSSR count). The number of aromatic nitrogens is 5. The van der Waals surface area contributed by atoms with Gasteiger partial charge in [0.05, 0.1) is 18.1 Å². The Morgan fingerprint density at radius 3 is 2.84 bits per heavy atom. The lowest BCUT2D eigenvalue weighted by molar-refractivity contribution is -0.122. The molecule has 3 aromatic heterocycles. The van der Waals surface area contributed by atoms with Gasteiger partial charge in [-0.2, -0.15) is 5.10 Å². The lowest BCUT2D eigenvalue weighted by atomic mass is 9.99. The molecule has 3 N–H and O–H groups in total. The molecule has 5 aromatic rings. The monoisotopic (exact) mass is 609 g/mol. The van der Waals surface area contributed by atoms with Gasteiger partial charge < -0.3 is 20.7 Å². The van der Waals surface area contributed by atoms with E-state index in [1.165, 1.54) is 23.3 Å². The van der Waals surface area contributed by atoms with Crippen molar-refractivity contribution in [3.05, 3.63) is 84.4 Å². The topological polar surface area (TPSA) is 136 Å². The van der Waals surface area contributed by atoms with Crippen LogP contribution in [-0.4, -0.2) is 68.6 Å². The summed E-state index contributed by atoms with van der Waals surface area (Å²) in [5, 5.41) is 7.90. The van der Waals surface area contributed by atoms with Gasteiger partial charge in [0.2, 0.25) is 11.8 Å². The number of aliphatic imine (C=N–C) groups is 1. The molecule has 2 aliphatic rings. The quantitative estimate of drug-likeness (QED) is 0.286. The van der Waals surface area contributed by atoms with Crippen molar-refractivity contribution in [1.29, 1.82) is 0 Å². The van der Waals surface area contributed by atoms with Gasteiger partial charge in [0.15, 0.2) is 11.5 Å². The van der Waals surface area contributed by atoms with E-state index in [1.54, 1.807) is 12.4 Å². The van der Waals surface area contributed by atoms with Gasteiger partial charge in [0, 0.05) is 55.3 Å². The minimum atomic E-state index is -0.780. The molecular weight excluding hydrogens is 580 g/mol. The average Bonchev–Trinajstić information content (AvgIpc) is 3.65. The molecule has 2 aliphatic heterocycles. The third-order valence-electron chi connectivity index (χ3n) is 8.03. The summed E-state index contributed by atoms with van der Waals surface area (Å²) < 4.78 is 35.9. The van der Waals surface area contributed by atoms with Crippen LogP contribution in [0.3, 0.4) is 0 Å². The van der Waals surface area contributed by atoms with Gasteiger partial charge in [0.1, 0.15) is 35.8 Å². The summed E-state index contributed by atoms with van der Waals surface area (Å²) in [5.74, 6) is -0.786. The summed E-state index contributed by atoms with van der Waals surface area (Å²) in [4.78, 5) is 33.4. The lowest BCUT2D eigenvalue weighted by Gasteiger charge is -2.25. The van der Waals surface area contributed by atoms with Crippen molar-refractivity contribution in [3.63, 3.8) is 0 Å². The highest BCUT2D eigenvalue weighted by Gasteiger charge is 2.40. The first kappa shape index (κ1) is 28.3. The zero-order valence-corrected chi connectivity index (χ0v) is 24.1. The number of nitrogens with zero attached hydrogens (tertiary/aromatic N) is 7. The third-order valence-corrected chi connectivity index (χ3v) is 8.03. The summed E-state index contributed by atoms with van der Waals surface area (Å²) in [6, 6.07) is 12.1. The van der Waals surface area contributed by atoms with E-state index in [9.17, 15) is 13.6 Å². The first-order valence-electron chi connectivity index (χ1n) is 14.7. The highest BCUT2D eigenvalue weighted by atomic mass is 19.1. The van der Waals surface area contributed by atoms with Crippen LogP contribution in [0.15, 0.2) is 72.2 Å². The van der Waals surface area contributed by atoms with Crippen LogP contribution in [0.4, 0.5) is 20.3 Å². The molecule has 1 unspecified atom stereocenters. The number of halogens is 2. The molecule has 4 bridgehead atoms. The summed E-state index contributed by atoms with van der Waals surface area (Å²) >= 11 is 0. The van der Waals surface area contributed by atoms with Gasteiger partial charge in [-0.05, 0) is 48.2 Å². The number of carbonyl (C=O) groups excluding carboxylic acids is 1. The Morgan fingerprint density at radius 2 is 1.96 bits per heavy atom. The van der Waals surface area contributed by atoms with Gasteiger partial charge in [0.25, 0.3) is 0 Å². The fourth-order valence-electron chi connectivity index (χ4n) is 5.86. The molecule has 0 radical (unpaired) electrons. The van der Waals surface area contributed by atoms with E-state index in [4.69, 9.17) is 10.5 Å². The van der Waals surface area contributed by atoms with Crippen LogP contribution in [0.5, 0.6) is 5.88 Å². The van der Waals surface area contributed by atoms with Crippen LogP contribution in [0.1, 0.15) is 24.8 Å². The number of fused-ring (bicyclic) bond motifs is 7. The smallest absolute Gasteiger partial charge is 0.242 e. The van der Waals surface area contributed by atoms with Gasteiger partial charge in [-0.25, -0.2) is 28.4 Å². The van der Waals surface area contributed by atoms with E-state index in [-0.39, 0.29) is 11.6 Å². The number of hydrogen-bond donors (Lipinski definition) is 2. The molecule has 0 spiro atoms. The number of nitrogens with one attached hydrogen (secondary N) is 1. The first-order chi connectivity index (χ1) is 22.0. The standard InChI is InChI=1S/C32H29F2N9O2/c33-20-6-7-27(25(34)13-20)43-31-24(16-41-43)30(39-18-40-31)42-17-21-14-28(42)32(44)38-10-2-1-9-36-15-23-22(4-3-5-26(23)35)19-8-11-37-29(12-19)45-21/h3-8,11-13,15-16,18,21,28H,1-2,9-10,14,17,35H2,(H,38,44)/t21?,28-/m0/s1. The van der Waals surface area contributed by atoms with Gasteiger partial charge in [-0.3, -0.25) is 9.79 Å². The molecule has 45 heavy (non-hydrogen) atoms. The number of benzene rings is 2. The van der Waals surface area contributed by atoms with E-state index in [2.05, 4.69) is 30.4 Å². The largest absolute Gasteiger partial charge is 0.472 e. The van der Waals surface area contributed by atoms with Crippen molar-refractivity contribution in [1.82, 2.24) is 30.0 Å². The van der Waals surface area contributed by atoms with Gasteiger partial charge in [-0.15, -0.1) is 0 Å². The number of amides is 1. The van der Waals surface area contributed by atoms with E-state index < -0.39 is 23.8 Å². The number of pyridine rings is 1. The van der Waals surface area contributed by atoms with Crippen molar-refractivity contribution < 1.29 is 18.3 Å². The zero-order valence-electron chi connectivity index (χ0n) is 24.1. The van der Waals surface area contributed by atoms with Crippen molar-refractivity contribution in [2.24, 2.45) is 4.99 Å². The maximum absolute atomic E-state index is 14.7. The fourth-order valence-corrected chi connectivity index (χ4v) is 5.86. The maximum Gasteiger partial charge on any atom is 0.242 e. The predicted octanol–water partition coefficient (Wildman–Crippen LogP) is 4.09. The number of nitrogens with two attached hydrogens (primary N) is 1. The zero-order chi connectivity index (χ0) is 30.9. The molecule has 2 aromatic carbocycles. The summed E-state index contributed by atoms with van der Waals surface area (Å²) in [6.45, 7) is 1.39. The summed E-state index contributed by atoms with van der Waals surface area (Å²) in [5.41, 5.74) is 9.92. The van der Waals surface area contributed by atoms with Crippen LogP contribution in [-0.2, 0) is 4.79 Å². The molecule has 228 valence electrons. The number of rotatable bonds is 2. The third kappa shape index (κ3) is 5.52. The molecule has 0 saturated carbocycles.